The number of alkyl halides is 13. The van der Waals surface area contributed by atoms with E-state index in [1.807, 2.05) is 0 Å². The van der Waals surface area contributed by atoms with E-state index in [9.17, 15) is 57.1 Å². The van der Waals surface area contributed by atoms with E-state index in [2.05, 4.69) is 9.98 Å². The highest BCUT2D eigenvalue weighted by molar-refractivity contribution is 6.01. The molecule has 0 saturated carbocycles. The molecule has 0 aromatic heterocycles. The van der Waals surface area contributed by atoms with Crippen LogP contribution in [0.25, 0.3) is 0 Å². The van der Waals surface area contributed by atoms with Crippen LogP contribution in [0.5, 0.6) is 0 Å². The molecule has 2 aromatic carbocycles. The molecule has 0 aliphatic carbocycles. The molecule has 2 unspecified atom stereocenters. The molecule has 0 spiro atoms. The molecule has 2 aliphatic rings. The van der Waals surface area contributed by atoms with E-state index in [4.69, 9.17) is 9.47 Å². The highest BCUT2D eigenvalue weighted by atomic mass is 19.4. The SMILES string of the molecule is FC(F)(F)C(F)(F)C(F)(F)C(F)(F)C(F)(F)C(F)(F)CCC(C1=NC(c2ccccc2)CO1)C1=NC(c2ccccc2)CO1. The van der Waals surface area contributed by atoms with E-state index in [1.165, 1.54) is 0 Å². The minimum Gasteiger partial charge on any atom is -0.478 e. The van der Waals surface area contributed by atoms with Crippen LogP contribution in [0.4, 0.5) is 57.1 Å². The highest BCUT2D eigenvalue weighted by Crippen LogP contribution is 2.61. The number of hydrogen-bond donors (Lipinski definition) is 0. The van der Waals surface area contributed by atoms with Gasteiger partial charge in [0.25, 0.3) is 0 Å². The molecule has 4 rings (SSSR count). The van der Waals surface area contributed by atoms with Gasteiger partial charge in [-0.2, -0.15) is 57.1 Å². The number of aliphatic imine (C=N–C) groups is 2. The molecule has 0 fully saturated rings. The van der Waals surface area contributed by atoms with E-state index in [1.54, 1.807) is 60.7 Å². The lowest BCUT2D eigenvalue weighted by atomic mass is 9.90. The van der Waals surface area contributed by atoms with Gasteiger partial charge in [0.2, 0.25) is 0 Å². The fourth-order valence-electron chi connectivity index (χ4n) is 4.50. The van der Waals surface area contributed by atoms with Gasteiger partial charge in [0.15, 0.2) is 11.8 Å². The van der Waals surface area contributed by atoms with Crippen molar-refractivity contribution in [3.05, 3.63) is 71.8 Å². The summed E-state index contributed by atoms with van der Waals surface area (Å²) >= 11 is 0. The number of halogens is 13. The zero-order valence-electron chi connectivity index (χ0n) is 22.0. The summed E-state index contributed by atoms with van der Waals surface area (Å²) in [6, 6.07) is 14.9. The Morgan fingerprint density at radius 2 is 0.955 bits per heavy atom. The molecule has 2 aliphatic heterocycles. The predicted octanol–water partition coefficient (Wildman–Crippen LogP) is 8.46. The van der Waals surface area contributed by atoms with Crippen LogP contribution in [0.1, 0.15) is 36.1 Å². The second-order valence-corrected chi connectivity index (χ2v) is 10.0. The molecule has 2 atom stereocenters. The first-order valence-corrected chi connectivity index (χ1v) is 12.7. The van der Waals surface area contributed by atoms with Gasteiger partial charge >= 0.3 is 35.8 Å². The van der Waals surface area contributed by atoms with E-state index in [0.717, 1.165) is 0 Å². The molecule has 17 heteroatoms. The third-order valence-corrected chi connectivity index (χ3v) is 7.05. The molecular formula is C27H21F13N2O2. The van der Waals surface area contributed by atoms with Crippen LogP contribution in [0.2, 0.25) is 0 Å². The standard InChI is InChI=1S/C27H21F13N2O2/c28-22(29,23(30,31)24(32,33)25(34,35)26(36,37)27(38,39)40)12-11-17(20-41-18(13-43-20)15-7-3-1-4-8-15)21-42-19(14-44-21)16-9-5-2-6-10-16/h1-10,17-19H,11-14H2. The van der Waals surface area contributed by atoms with Crippen molar-refractivity contribution >= 4 is 11.8 Å². The molecule has 44 heavy (non-hydrogen) atoms. The summed E-state index contributed by atoms with van der Waals surface area (Å²) in [5, 5.41) is 0. The Morgan fingerprint density at radius 1 is 0.568 bits per heavy atom. The molecule has 0 amide bonds. The summed E-state index contributed by atoms with van der Waals surface area (Å²) < 4.78 is 188. The number of rotatable bonds is 11. The first kappa shape index (κ1) is 33.4. The van der Waals surface area contributed by atoms with E-state index in [-0.39, 0.29) is 13.2 Å². The van der Waals surface area contributed by atoms with Crippen LogP contribution >= 0.6 is 0 Å². The Bertz CT molecular complexity index is 1300. The molecule has 0 radical (unpaired) electrons. The average Bonchev–Trinajstić information content (AvgIpc) is 3.64. The third kappa shape index (κ3) is 5.69. The van der Waals surface area contributed by atoms with Gasteiger partial charge < -0.3 is 9.47 Å². The highest BCUT2D eigenvalue weighted by Gasteiger charge is 2.90. The van der Waals surface area contributed by atoms with Crippen LogP contribution in [-0.4, -0.2) is 60.8 Å². The minimum absolute atomic E-state index is 0.186. The Kier molecular flexibility index (Phi) is 8.67. The summed E-state index contributed by atoms with van der Waals surface area (Å²) in [6.45, 7) is -0.372. The number of ether oxygens (including phenoxy) is 2. The third-order valence-electron chi connectivity index (χ3n) is 7.05. The van der Waals surface area contributed by atoms with E-state index < -0.39 is 78.4 Å². The van der Waals surface area contributed by atoms with Crippen LogP contribution in [0.3, 0.4) is 0 Å². The van der Waals surface area contributed by atoms with Crippen LogP contribution in [0, 0.1) is 5.92 Å². The predicted molar refractivity (Wildman–Crippen MR) is 129 cm³/mol. The maximum absolute atomic E-state index is 14.7. The summed E-state index contributed by atoms with van der Waals surface area (Å²) in [5.74, 6) is -39.8. The topological polar surface area (TPSA) is 43.2 Å². The van der Waals surface area contributed by atoms with Gasteiger partial charge in [-0.3, -0.25) is 0 Å². The van der Waals surface area contributed by atoms with Gasteiger partial charge in [0.05, 0.1) is 0 Å². The number of nitrogens with zero attached hydrogens (tertiary/aromatic N) is 2. The smallest absolute Gasteiger partial charge is 0.460 e. The Balaban J connectivity index is 1.65. The first-order valence-electron chi connectivity index (χ1n) is 12.7. The molecule has 0 N–H and O–H groups in total. The molecule has 0 bridgehead atoms. The van der Waals surface area contributed by atoms with Gasteiger partial charge in [0.1, 0.15) is 31.2 Å². The Labute approximate surface area is 240 Å². The van der Waals surface area contributed by atoms with Crippen molar-refractivity contribution < 1.29 is 66.5 Å². The second-order valence-electron chi connectivity index (χ2n) is 10.0. The van der Waals surface area contributed by atoms with Gasteiger partial charge in [-0.15, -0.1) is 0 Å². The maximum atomic E-state index is 14.7. The molecular weight excluding hydrogens is 631 g/mol. The van der Waals surface area contributed by atoms with Gasteiger partial charge in [0, 0.05) is 6.42 Å². The van der Waals surface area contributed by atoms with Crippen molar-refractivity contribution in [1.82, 2.24) is 0 Å². The molecule has 2 heterocycles. The van der Waals surface area contributed by atoms with Crippen molar-refractivity contribution in [1.29, 1.82) is 0 Å². The second kappa shape index (κ2) is 11.4. The Hall–Kier alpha value is -3.53. The van der Waals surface area contributed by atoms with E-state index >= 15 is 0 Å². The zero-order chi connectivity index (χ0) is 32.8. The molecule has 2 aromatic rings. The largest absolute Gasteiger partial charge is 0.478 e. The fourth-order valence-corrected chi connectivity index (χ4v) is 4.50. The minimum atomic E-state index is -7.96. The lowest BCUT2D eigenvalue weighted by Crippen LogP contribution is -2.70. The van der Waals surface area contributed by atoms with E-state index in [0.29, 0.717) is 11.1 Å². The summed E-state index contributed by atoms with van der Waals surface area (Å²) in [4.78, 5) is 8.44. The molecule has 4 nitrogen and oxygen atoms in total. The van der Waals surface area contributed by atoms with Crippen LogP contribution in [-0.2, 0) is 9.47 Å². The maximum Gasteiger partial charge on any atom is 0.460 e. The van der Waals surface area contributed by atoms with Crippen molar-refractivity contribution in [3.63, 3.8) is 0 Å². The lowest BCUT2D eigenvalue weighted by Gasteiger charge is -2.40. The van der Waals surface area contributed by atoms with Crippen LogP contribution < -0.4 is 0 Å². The summed E-state index contributed by atoms with van der Waals surface area (Å²) in [7, 11) is 0. The van der Waals surface area contributed by atoms with Crippen molar-refractivity contribution in [2.45, 2.75) is 60.7 Å². The quantitative estimate of drug-likeness (QED) is 0.229. The first-order chi connectivity index (χ1) is 20.2. The zero-order valence-corrected chi connectivity index (χ0v) is 22.0. The monoisotopic (exact) mass is 652 g/mol. The summed E-state index contributed by atoms with van der Waals surface area (Å²) in [6.07, 6.45) is -11.2. The van der Waals surface area contributed by atoms with Gasteiger partial charge in [-0.05, 0) is 17.5 Å². The van der Waals surface area contributed by atoms with Crippen molar-refractivity contribution in [3.8, 4) is 0 Å². The Morgan fingerprint density at radius 3 is 1.34 bits per heavy atom. The van der Waals surface area contributed by atoms with Gasteiger partial charge in [-0.25, -0.2) is 9.98 Å². The summed E-state index contributed by atoms with van der Waals surface area (Å²) in [5.41, 5.74) is 1.14. The van der Waals surface area contributed by atoms with Gasteiger partial charge in [-0.1, -0.05) is 60.7 Å². The fraction of sp³-hybridized carbons (Fsp3) is 0.481. The average molecular weight is 652 g/mol. The number of hydrogen-bond acceptors (Lipinski definition) is 4. The molecule has 242 valence electrons. The van der Waals surface area contributed by atoms with Crippen molar-refractivity contribution in [2.75, 3.05) is 13.2 Å². The van der Waals surface area contributed by atoms with Crippen molar-refractivity contribution in [2.24, 2.45) is 15.9 Å². The van der Waals surface area contributed by atoms with Crippen LogP contribution in [0.15, 0.2) is 70.6 Å². The lowest BCUT2D eigenvalue weighted by molar-refractivity contribution is -0.440. The normalized spacial score (nSPS) is 20.9. The molecule has 0 saturated heterocycles. The number of benzene rings is 2.